The number of benzene rings is 1. The zero-order chi connectivity index (χ0) is 14.9. The van der Waals surface area contributed by atoms with Gasteiger partial charge in [-0.3, -0.25) is 0 Å². The van der Waals surface area contributed by atoms with E-state index in [1.807, 2.05) is 6.92 Å². The third-order valence-corrected chi connectivity index (χ3v) is 5.89. The van der Waals surface area contributed by atoms with Crippen LogP contribution in [0.2, 0.25) is 10.0 Å². The molecule has 1 heterocycles. The molecule has 2 N–H and O–H groups in total. The van der Waals surface area contributed by atoms with Gasteiger partial charge in [-0.25, -0.2) is 8.42 Å². The molecule has 1 aliphatic heterocycles. The molecular weight excluding hydrogens is 319 g/mol. The molecule has 0 radical (unpaired) electrons. The van der Waals surface area contributed by atoms with Crippen LogP contribution in [0.3, 0.4) is 0 Å². The average molecular weight is 337 g/mol. The molecule has 0 aromatic heterocycles. The largest absolute Gasteiger partial charge is 0.326 e. The smallest absolute Gasteiger partial charge is 0.243 e. The van der Waals surface area contributed by atoms with E-state index in [2.05, 4.69) is 0 Å². The summed E-state index contributed by atoms with van der Waals surface area (Å²) >= 11 is 11.8. The van der Waals surface area contributed by atoms with Gasteiger partial charge in [0.25, 0.3) is 0 Å². The van der Waals surface area contributed by atoms with Gasteiger partial charge in [0.15, 0.2) is 0 Å². The molecule has 0 bridgehead atoms. The first kappa shape index (κ1) is 16.0. The predicted octanol–water partition coefficient (Wildman–Crippen LogP) is 2.88. The molecule has 0 amide bonds. The summed E-state index contributed by atoms with van der Waals surface area (Å²) in [4.78, 5) is 0.127. The molecule has 1 aromatic carbocycles. The number of sulfonamides is 1. The highest BCUT2D eigenvalue weighted by Crippen LogP contribution is 2.29. The van der Waals surface area contributed by atoms with E-state index in [-0.39, 0.29) is 17.0 Å². The van der Waals surface area contributed by atoms with Crippen LogP contribution in [-0.4, -0.2) is 31.4 Å². The van der Waals surface area contributed by atoms with Crippen LogP contribution in [0.15, 0.2) is 23.1 Å². The molecule has 2 atom stereocenters. The Labute approximate surface area is 129 Å². The normalized spacial score (nSPS) is 22.7. The topological polar surface area (TPSA) is 63.4 Å². The van der Waals surface area contributed by atoms with Gasteiger partial charge in [0.2, 0.25) is 10.0 Å². The maximum absolute atomic E-state index is 12.8. The molecule has 2 rings (SSSR count). The summed E-state index contributed by atoms with van der Waals surface area (Å²) in [6.07, 6.45) is 2.62. The average Bonchev–Trinajstić information content (AvgIpc) is 2.37. The molecule has 2 unspecified atom stereocenters. The second kappa shape index (κ2) is 6.20. The Bertz CT molecular complexity index is 570. The predicted molar refractivity (Wildman–Crippen MR) is 81.6 cm³/mol. The van der Waals surface area contributed by atoms with Gasteiger partial charge in [-0.2, -0.15) is 4.31 Å². The first-order valence-corrected chi connectivity index (χ1v) is 8.75. The molecule has 1 aliphatic rings. The second-order valence-corrected chi connectivity index (χ2v) is 7.91. The molecule has 1 saturated heterocycles. The van der Waals surface area contributed by atoms with E-state index in [0.29, 0.717) is 16.6 Å². The standard InChI is InChI=1S/C13H18Cl2N2O2S/c1-9(16)13-4-2-3-5-17(13)20(18,19)12-7-10(14)6-11(15)8-12/h6-9,13H,2-5,16H2,1H3. The van der Waals surface area contributed by atoms with Crippen molar-refractivity contribution in [3.63, 3.8) is 0 Å². The first-order valence-electron chi connectivity index (χ1n) is 6.56. The molecule has 1 fully saturated rings. The fourth-order valence-electron chi connectivity index (χ4n) is 2.57. The lowest BCUT2D eigenvalue weighted by atomic mass is 10.00. The summed E-state index contributed by atoms with van der Waals surface area (Å²) in [6, 6.07) is 3.98. The van der Waals surface area contributed by atoms with E-state index in [4.69, 9.17) is 28.9 Å². The second-order valence-electron chi connectivity index (χ2n) is 5.14. The number of halogens is 2. The van der Waals surface area contributed by atoms with E-state index in [1.54, 1.807) is 0 Å². The number of rotatable bonds is 3. The van der Waals surface area contributed by atoms with Crippen molar-refractivity contribution in [1.82, 2.24) is 4.31 Å². The Morgan fingerprint density at radius 1 is 1.25 bits per heavy atom. The van der Waals surface area contributed by atoms with Crippen molar-refractivity contribution in [3.8, 4) is 0 Å². The van der Waals surface area contributed by atoms with Crippen molar-refractivity contribution in [1.29, 1.82) is 0 Å². The Balaban J connectivity index is 2.42. The van der Waals surface area contributed by atoms with Gasteiger partial charge in [0, 0.05) is 28.7 Å². The van der Waals surface area contributed by atoms with Crippen molar-refractivity contribution in [3.05, 3.63) is 28.2 Å². The Morgan fingerprint density at radius 3 is 2.40 bits per heavy atom. The zero-order valence-electron chi connectivity index (χ0n) is 11.2. The molecule has 4 nitrogen and oxygen atoms in total. The summed E-state index contributed by atoms with van der Waals surface area (Å²) in [5.41, 5.74) is 5.93. The quantitative estimate of drug-likeness (QED) is 0.922. The minimum Gasteiger partial charge on any atom is -0.326 e. The number of hydrogen-bond donors (Lipinski definition) is 1. The summed E-state index contributed by atoms with van der Waals surface area (Å²) in [6.45, 7) is 2.32. The number of nitrogens with two attached hydrogens (primary N) is 1. The minimum absolute atomic E-state index is 0.127. The van der Waals surface area contributed by atoms with E-state index < -0.39 is 10.0 Å². The summed E-state index contributed by atoms with van der Waals surface area (Å²) in [5, 5.41) is 0.621. The van der Waals surface area contributed by atoms with E-state index in [0.717, 1.165) is 19.3 Å². The molecule has 0 aliphatic carbocycles. The van der Waals surface area contributed by atoms with Crippen molar-refractivity contribution >= 4 is 33.2 Å². The fraction of sp³-hybridized carbons (Fsp3) is 0.538. The van der Waals surface area contributed by atoms with Crippen LogP contribution in [-0.2, 0) is 10.0 Å². The van der Waals surface area contributed by atoms with E-state index >= 15 is 0 Å². The summed E-state index contributed by atoms with van der Waals surface area (Å²) in [5.74, 6) is 0. The van der Waals surface area contributed by atoms with Crippen molar-refractivity contribution in [2.24, 2.45) is 5.73 Å². The van der Waals surface area contributed by atoms with Crippen LogP contribution < -0.4 is 5.73 Å². The SMILES string of the molecule is CC(N)C1CCCCN1S(=O)(=O)c1cc(Cl)cc(Cl)c1. The number of nitrogens with zero attached hydrogens (tertiary/aromatic N) is 1. The maximum atomic E-state index is 12.8. The number of hydrogen-bond acceptors (Lipinski definition) is 3. The minimum atomic E-state index is -3.62. The number of piperidine rings is 1. The lowest BCUT2D eigenvalue weighted by Crippen LogP contribution is -2.51. The maximum Gasteiger partial charge on any atom is 0.243 e. The van der Waals surface area contributed by atoms with E-state index in [1.165, 1.54) is 22.5 Å². The monoisotopic (exact) mass is 336 g/mol. The lowest BCUT2D eigenvalue weighted by Gasteiger charge is -2.36. The Hall–Kier alpha value is -0.330. The molecule has 1 aromatic rings. The van der Waals surface area contributed by atoms with Crippen LogP contribution in [0.5, 0.6) is 0 Å². The highest BCUT2D eigenvalue weighted by molar-refractivity contribution is 7.89. The lowest BCUT2D eigenvalue weighted by molar-refractivity contribution is 0.227. The van der Waals surface area contributed by atoms with E-state index in [9.17, 15) is 8.42 Å². The molecule has 0 saturated carbocycles. The van der Waals surface area contributed by atoms with Crippen molar-refractivity contribution in [2.45, 2.75) is 43.2 Å². The first-order chi connectivity index (χ1) is 9.32. The fourth-order valence-corrected chi connectivity index (χ4v) is 5.07. The molecule has 7 heteroatoms. The van der Waals surface area contributed by atoms with Gasteiger partial charge < -0.3 is 5.73 Å². The molecule has 112 valence electrons. The third-order valence-electron chi connectivity index (χ3n) is 3.55. The van der Waals surface area contributed by atoms with Gasteiger partial charge >= 0.3 is 0 Å². The third kappa shape index (κ3) is 3.28. The van der Waals surface area contributed by atoms with Gasteiger partial charge in [-0.05, 0) is 38.0 Å². The van der Waals surface area contributed by atoms with Crippen molar-refractivity contribution < 1.29 is 8.42 Å². The van der Waals surface area contributed by atoms with Gasteiger partial charge in [0.05, 0.1) is 4.90 Å². The highest BCUT2D eigenvalue weighted by Gasteiger charge is 2.35. The van der Waals surface area contributed by atoms with Crippen LogP contribution in [0.1, 0.15) is 26.2 Å². The Morgan fingerprint density at radius 2 is 1.85 bits per heavy atom. The molecule has 20 heavy (non-hydrogen) atoms. The van der Waals surface area contributed by atoms with Crippen LogP contribution in [0.25, 0.3) is 0 Å². The van der Waals surface area contributed by atoms with Gasteiger partial charge in [-0.15, -0.1) is 0 Å². The Kier molecular flexibility index (Phi) is 4.97. The molecular formula is C13H18Cl2N2O2S. The van der Waals surface area contributed by atoms with Crippen LogP contribution in [0.4, 0.5) is 0 Å². The van der Waals surface area contributed by atoms with Gasteiger partial charge in [-0.1, -0.05) is 29.6 Å². The van der Waals surface area contributed by atoms with Crippen LogP contribution in [0, 0.1) is 0 Å². The summed E-state index contributed by atoms with van der Waals surface area (Å²) < 4.78 is 27.0. The zero-order valence-corrected chi connectivity index (χ0v) is 13.5. The highest BCUT2D eigenvalue weighted by atomic mass is 35.5. The van der Waals surface area contributed by atoms with Crippen molar-refractivity contribution in [2.75, 3.05) is 6.54 Å². The van der Waals surface area contributed by atoms with Crippen LogP contribution >= 0.6 is 23.2 Å². The molecule has 0 spiro atoms. The van der Waals surface area contributed by atoms with Gasteiger partial charge in [0.1, 0.15) is 0 Å². The summed E-state index contributed by atoms with van der Waals surface area (Å²) in [7, 11) is -3.62.